The number of rotatable bonds is 0. The summed E-state index contributed by atoms with van der Waals surface area (Å²) < 4.78 is 0. The molecule has 0 saturated heterocycles. The monoisotopic (exact) mass is 291 g/mol. The molecule has 6 heteroatoms. The van der Waals surface area contributed by atoms with Gasteiger partial charge in [-0.1, -0.05) is 0 Å². The van der Waals surface area contributed by atoms with E-state index in [0.717, 1.165) is 0 Å². The van der Waals surface area contributed by atoms with E-state index in [1.165, 1.54) is 0 Å². The molecule has 26 valence electrons. The molecule has 2 radical (unpaired) electrons. The smallest absolute Gasteiger partial charge is 0.907 e. The Morgan fingerprint density at radius 1 is 1.00 bits per heavy atom. The van der Waals surface area contributed by atoms with Gasteiger partial charge in [0.25, 0.3) is 0 Å². The van der Waals surface area contributed by atoms with Crippen molar-refractivity contribution in [2.75, 3.05) is 0 Å². The minimum Gasteiger partial charge on any atom is -0.907 e. The molecule has 3 nitrogen and oxygen atoms in total. The fourth-order valence-electron chi connectivity index (χ4n) is 0. The molecule has 0 aliphatic heterocycles. The van der Waals surface area contributed by atoms with Crippen LogP contribution in [0.4, 0.5) is 0 Å². The molecule has 6 heavy (non-hydrogen) atoms. The van der Waals surface area contributed by atoms with Gasteiger partial charge in [-0.25, -0.2) is 0 Å². The summed E-state index contributed by atoms with van der Waals surface area (Å²) in [5.74, 6) is 0. The van der Waals surface area contributed by atoms with Gasteiger partial charge in [-0.2, -0.15) is 0 Å². The maximum atomic E-state index is 8.42. The summed E-state index contributed by atoms with van der Waals surface area (Å²) in [5, 5.41) is 25.2. The molecule has 0 spiro atoms. The molecule has 0 aromatic carbocycles. The number of hydrogen-bond acceptors (Lipinski definition) is 3. The summed E-state index contributed by atoms with van der Waals surface area (Å²) in [4.78, 5) is 0. The van der Waals surface area contributed by atoms with Gasteiger partial charge in [0.2, 0.25) is 0 Å². The summed E-state index contributed by atoms with van der Waals surface area (Å²) in [7, 11) is -2.92. The van der Waals surface area contributed by atoms with Gasteiger partial charge in [0.15, 0.2) is 0 Å². The van der Waals surface area contributed by atoms with E-state index in [4.69, 9.17) is 15.1 Å². The van der Waals surface area contributed by atoms with E-state index in [1.807, 2.05) is 0 Å². The predicted octanol–water partition coefficient (Wildman–Crippen LogP) is -7.32. The molecule has 0 amide bonds. The fraction of sp³-hybridized carbons (Fsp3) is 0. The van der Waals surface area contributed by atoms with Gasteiger partial charge in [0.05, 0.1) is 0 Å². The molecule has 0 rings (SSSR count). The fourth-order valence-corrected chi connectivity index (χ4v) is 0. The molecule has 0 unspecified atom stereocenters. The molecule has 0 heterocycles. The molecule has 0 aromatic rings. The Labute approximate surface area is 77.3 Å². The van der Waals surface area contributed by atoms with Gasteiger partial charge >= 0.3 is 55.8 Å². The van der Waals surface area contributed by atoms with Crippen molar-refractivity contribution < 1.29 is 44.6 Å². The SMILES string of the molecule is [Bi+3].[Na+].[O-]B([O-])[O-]. The zero-order valence-corrected chi connectivity index (χ0v) is 8.73. The zero-order valence-electron chi connectivity index (χ0n) is 3.25. The van der Waals surface area contributed by atoms with Crippen LogP contribution < -0.4 is 44.6 Å². The average molecular weight is 291 g/mol. The second-order valence-corrected chi connectivity index (χ2v) is 0.289. The van der Waals surface area contributed by atoms with E-state index < -0.39 is 7.32 Å². The van der Waals surface area contributed by atoms with Gasteiger partial charge in [-0.3, -0.25) is 7.32 Å². The van der Waals surface area contributed by atoms with Crippen molar-refractivity contribution in [1.29, 1.82) is 0 Å². The summed E-state index contributed by atoms with van der Waals surface area (Å²) in [6, 6.07) is 0. The number of hydrogen-bond donors (Lipinski definition) is 0. The normalized spacial score (nSPS) is 4.50. The minimum atomic E-state index is -2.92. The molecule has 0 N–H and O–H groups in total. The zero-order chi connectivity index (χ0) is 3.58. The molecule has 0 bridgehead atoms. The van der Waals surface area contributed by atoms with Crippen molar-refractivity contribution in [3.63, 3.8) is 0 Å². The molecular formula is BBiNaO3+. The van der Waals surface area contributed by atoms with Crippen molar-refractivity contribution in [2.24, 2.45) is 0 Å². The van der Waals surface area contributed by atoms with Crippen LogP contribution in [-0.4, -0.2) is 33.5 Å². The maximum Gasteiger partial charge on any atom is 3.00 e. The van der Waals surface area contributed by atoms with E-state index in [0.29, 0.717) is 0 Å². The van der Waals surface area contributed by atoms with E-state index in [1.54, 1.807) is 0 Å². The quantitative estimate of drug-likeness (QED) is 0.416. The van der Waals surface area contributed by atoms with Crippen LogP contribution in [0.1, 0.15) is 0 Å². The van der Waals surface area contributed by atoms with Gasteiger partial charge in [-0.15, -0.1) is 0 Å². The first-order valence-electron chi connectivity index (χ1n) is 0.707. The van der Waals surface area contributed by atoms with Crippen molar-refractivity contribution in [2.45, 2.75) is 0 Å². The summed E-state index contributed by atoms with van der Waals surface area (Å²) in [6.07, 6.45) is 0. The first-order valence-corrected chi connectivity index (χ1v) is 0.707. The topological polar surface area (TPSA) is 69.2 Å². The van der Waals surface area contributed by atoms with Crippen LogP contribution in [0, 0.1) is 0 Å². The Kier molecular flexibility index (Phi) is 26.0. The van der Waals surface area contributed by atoms with Gasteiger partial charge < -0.3 is 15.1 Å². The van der Waals surface area contributed by atoms with Crippen LogP contribution in [0.15, 0.2) is 0 Å². The standard InChI is InChI=1S/BO3.Bi.Na/c2-1(3)4;;/q-3;+3;+1. The third-order valence-corrected chi connectivity index (χ3v) is 0. The van der Waals surface area contributed by atoms with Crippen LogP contribution >= 0.6 is 0 Å². The molecule has 0 saturated carbocycles. The van der Waals surface area contributed by atoms with E-state index in [-0.39, 0.29) is 55.8 Å². The predicted molar refractivity (Wildman–Crippen MR) is 11.5 cm³/mol. The summed E-state index contributed by atoms with van der Waals surface area (Å²) in [6.45, 7) is 0. The third kappa shape index (κ3) is 40.7. The van der Waals surface area contributed by atoms with Crippen LogP contribution in [0.2, 0.25) is 0 Å². The Bertz CT molecular complexity index is 15.5. The Hall–Kier alpha value is 1.83. The van der Waals surface area contributed by atoms with Crippen molar-refractivity contribution >= 4 is 33.5 Å². The third-order valence-electron chi connectivity index (χ3n) is 0. The van der Waals surface area contributed by atoms with Gasteiger partial charge in [0, 0.05) is 0 Å². The first kappa shape index (κ1) is 15.7. The van der Waals surface area contributed by atoms with Crippen molar-refractivity contribution in [3.8, 4) is 0 Å². The molecule has 0 atom stereocenters. The average Bonchev–Trinajstić information content (AvgIpc) is 0.811. The van der Waals surface area contributed by atoms with Crippen molar-refractivity contribution in [3.05, 3.63) is 0 Å². The second-order valence-electron chi connectivity index (χ2n) is 0.289. The van der Waals surface area contributed by atoms with Crippen LogP contribution in [0.25, 0.3) is 0 Å². The van der Waals surface area contributed by atoms with Gasteiger partial charge in [0.1, 0.15) is 0 Å². The van der Waals surface area contributed by atoms with Crippen molar-refractivity contribution in [1.82, 2.24) is 0 Å². The van der Waals surface area contributed by atoms with E-state index in [2.05, 4.69) is 0 Å². The van der Waals surface area contributed by atoms with E-state index in [9.17, 15) is 0 Å². The van der Waals surface area contributed by atoms with Crippen LogP contribution in [-0.2, 0) is 0 Å². The summed E-state index contributed by atoms with van der Waals surface area (Å²) >= 11 is 0. The van der Waals surface area contributed by atoms with Crippen LogP contribution in [0.3, 0.4) is 0 Å². The molecular weight excluding hydrogens is 291 g/mol. The second kappa shape index (κ2) is 9.95. The largest absolute Gasteiger partial charge is 3.00 e. The van der Waals surface area contributed by atoms with Gasteiger partial charge in [-0.05, 0) is 0 Å². The molecule has 0 aliphatic rings. The Balaban J connectivity index is -0.0000000450. The maximum absolute atomic E-state index is 8.42. The van der Waals surface area contributed by atoms with E-state index >= 15 is 0 Å². The first-order chi connectivity index (χ1) is 1.73. The minimum absolute atomic E-state index is 0. The molecule has 0 fully saturated rings. The summed E-state index contributed by atoms with van der Waals surface area (Å²) in [5.41, 5.74) is 0. The van der Waals surface area contributed by atoms with Crippen LogP contribution in [0.5, 0.6) is 0 Å². The molecule has 0 aliphatic carbocycles. The molecule has 0 aromatic heterocycles. The Morgan fingerprint density at radius 3 is 1.00 bits per heavy atom. The Morgan fingerprint density at radius 2 is 1.00 bits per heavy atom.